The van der Waals surface area contributed by atoms with Gasteiger partial charge in [0.15, 0.2) is 11.5 Å². The predicted molar refractivity (Wildman–Crippen MR) is 73.3 cm³/mol. The molecule has 0 aromatic heterocycles. The van der Waals surface area contributed by atoms with Gasteiger partial charge in [0, 0.05) is 18.7 Å². The summed E-state index contributed by atoms with van der Waals surface area (Å²) in [7, 11) is 1.58. The Kier molecular flexibility index (Phi) is 3.47. The molecule has 7 heteroatoms. The van der Waals surface area contributed by atoms with Crippen molar-refractivity contribution in [3.8, 4) is 17.2 Å². The number of halogens is 1. The standard InChI is InChI=1S/C13H14BrNO5/c1-18-11-7(14)3-9-12(20-5-19-9)10(11)8-2-6(4-15-8)13(16)17/h3,6,8,15H,2,4-5H2,1H3,(H,16,17). The van der Waals surface area contributed by atoms with E-state index in [1.165, 1.54) is 0 Å². The number of carboxylic acid groups (broad SMARTS) is 1. The van der Waals surface area contributed by atoms with Crippen molar-refractivity contribution in [1.29, 1.82) is 0 Å². The van der Waals surface area contributed by atoms with Gasteiger partial charge >= 0.3 is 5.97 Å². The quantitative estimate of drug-likeness (QED) is 0.873. The number of rotatable bonds is 3. The number of methoxy groups -OCH3 is 1. The Hall–Kier alpha value is -1.47. The van der Waals surface area contributed by atoms with Gasteiger partial charge in [-0.15, -0.1) is 0 Å². The first kappa shape index (κ1) is 13.5. The monoisotopic (exact) mass is 343 g/mol. The van der Waals surface area contributed by atoms with E-state index < -0.39 is 11.9 Å². The number of ether oxygens (including phenoxy) is 3. The number of aliphatic carboxylic acids is 1. The fraction of sp³-hybridized carbons (Fsp3) is 0.462. The normalized spacial score (nSPS) is 23.9. The van der Waals surface area contributed by atoms with Crippen LogP contribution >= 0.6 is 15.9 Å². The largest absolute Gasteiger partial charge is 0.495 e. The average molecular weight is 344 g/mol. The Morgan fingerprint density at radius 1 is 1.55 bits per heavy atom. The first-order chi connectivity index (χ1) is 9.61. The maximum absolute atomic E-state index is 11.1. The van der Waals surface area contributed by atoms with E-state index in [2.05, 4.69) is 21.2 Å². The Balaban J connectivity index is 2.02. The van der Waals surface area contributed by atoms with Gasteiger partial charge < -0.3 is 24.6 Å². The van der Waals surface area contributed by atoms with Crippen LogP contribution in [0.1, 0.15) is 18.0 Å². The lowest BCUT2D eigenvalue weighted by atomic mass is 9.98. The molecule has 1 aromatic rings. The molecule has 1 saturated heterocycles. The summed E-state index contributed by atoms with van der Waals surface area (Å²) in [6.07, 6.45) is 0.498. The van der Waals surface area contributed by atoms with Gasteiger partial charge in [-0.25, -0.2) is 0 Å². The van der Waals surface area contributed by atoms with Crippen molar-refractivity contribution in [2.24, 2.45) is 5.92 Å². The Morgan fingerprint density at radius 2 is 2.35 bits per heavy atom. The number of benzene rings is 1. The molecule has 2 heterocycles. The number of carbonyl (C=O) groups is 1. The highest BCUT2D eigenvalue weighted by molar-refractivity contribution is 9.10. The molecule has 0 aliphatic carbocycles. The Morgan fingerprint density at radius 3 is 3.00 bits per heavy atom. The minimum atomic E-state index is -0.789. The lowest BCUT2D eigenvalue weighted by molar-refractivity contribution is -0.141. The van der Waals surface area contributed by atoms with E-state index in [0.717, 1.165) is 10.0 Å². The lowest BCUT2D eigenvalue weighted by Crippen LogP contribution is -2.17. The molecule has 1 fully saturated rings. The molecule has 0 radical (unpaired) electrons. The summed E-state index contributed by atoms with van der Waals surface area (Å²) in [4.78, 5) is 11.1. The Bertz CT molecular complexity index is 558. The number of hydrogen-bond acceptors (Lipinski definition) is 5. The molecule has 0 spiro atoms. The van der Waals surface area contributed by atoms with Crippen LogP contribution in [0.2, 0.25) is 0 Å². The molecule has 3 rings (SSSR count). The van der Waals surface area contributed by atoms with Gasteiger partial charge in [0.05, 0.1) is 23.1 Å². The van der Waals surface area contributed by atoms with Gasteiger partial charge in [0.2, 0.25) is 6.79 Å². The molecule has 20 heavy (non-hydrogen) atoms. The van der Waals surface area contributed by atoms with Crippen LogP contribution in [0.15, 0.2) is 10.5 Å². The predicted octanol–water partition coefficient (Wildman–Crippen LogP) is 1.92. The van der Waals surface area contributed by atoms with Crippen LogP contribution < -0.4 is 19.5 Å². The molecule has 2 aliphatic heterocycles. The maximum atomic E-state index is 11.1. The third-order valence-electron chi connectivity index (χ3n) is 3.64. The number of nitrogens with one attached hydrogen (secondary N) is 1. The molecule has 2 unspecified atom stereocenters. The van der Waals surface area contributed by atoms with E-state index in [0.29, 0.717) is 30.2 Å². The summed E-state index contributed by atoms with van der Waals surface area (Å²) in [6.45, 7) is 0.600. The Labute approximate surface area is 124 Å². The molecule has 2 N–H and O–H groups in total. The second-order valence-electron chi connectivity index (χ2n) is 4.77. The van der Waals surface area contributed by atoms with E-state index in [1.54, 1.807) is 13.2 Å². The summed E-state index contributed by atoms with van der Waals surface area (Å²) in [5.74, 6) is 0.740. The van der Waals surface area contributed by atoms with Crippen molar-refractivity contribution in [1.82, 2.24) is 5.32 Å². The van der Waals surface area contributed by atoms with Crippen molar-refractivity contribution in [3.63, 3.8) is 0 Å². The van der Waals surface area contributed by atoms with Crippen molar-refractivity contribution in [2.75, 3.05) is 20.4 Å². The fourth-order valence-corrected chi connectivity index (χ4v) is 3.27. The molecule has 2 aliphatic rings. The first-order valence-electron chi connectivity index (χ1n) is 6.24. The highest BCUT2D eigenvalue weighted by atomic mass is 79.9. The van der Waals surface area contributed by atoms with Gasteiger partial charge in [0.1, 0.15) is 5.75 Å². The zero-order valence-electron chi connectivity index (χ0n) is 10.8. The average Bonchev–Trinajstić information content (AvgIpc) is 3.05. The van der Waals surface area contributed by atoms with Gasteiger partial charge in [-0.05, 0) is 22.4 Å². The van der Waals surface area contributed by atoms with Gasteiger partial charge in [-0.3, -0.25) is 4.79 Å². The van der Waals surface area contributed by atoms with Crippen LogP contribution in [0, 0.1) is 5.92 Å². The van der Waals surface area contributed by atoms with Crippen molar-refractivity contribution >= 4 is 21.9 Å². The topological polar surface area (TPSA) is 77.0 Å². The highest BCUT2D eigenvalue weighted by Crippen LogP contribution is 2.50. The van der Waals surface area contributed by atoms with Crippen molar-refractivity contribution < 1.29 is 24.1 Å². The summed E-state index contributed by atoms with van der Waals surface area (Å²) >= 11 is 3.45. The fourth-order valence-electron chi connectivity index (χ4n) is 2.69. The molecular weight excluding hydrogens is 330 g/mol. The molecular formula is C13H14BrNO5. The van der Waals surface area contributed by atoms with Crippen LogP contribution in [-0.2, 0) is 4.79 Å². The second kappa shape index (κ2) is 5.14. The zero-order valence-corrected chi connectivity index (χ0v) is 12.4. The van der Waals surface area contributed by atoms with Crippen molar-refractivity contribution in [3.05, 3.63) is 16.1 Å². The van der Waals surface area contributed by atoms with Crippen molar-refractivity contribution in [2.45, 2.75) is 12.5 Å². The van der Waals surface area contributed by atoms with Gasteiger partial charge in [-0.1, -0.05) is 0 Å². The molecule has 6 nitrogen and oxygen atoms in total. The number of fused-ring (bicyclic) bond motifs is 1. The SMILES string of the molecule is COc1c(Br)cc2c(c1C1CC(C(=O)O)CN1)OCO2. The maximum Gasteiger partial charge on any atom is 0.307 e. The summed E-state index contributed by atoms with van der Waals surface area (Å²) in [5.41, 5.74) is 0.818. The van der Waals surface area contributed by atoms with E-state index in [-0.39, 0.29) is 12.8 Å². The minimum Gasteiger partial charge on any atom is -0.495 e. The second-order valence-corrected chi connectivity index (χ2v) is 5.63. The third kappa shape index (κ3) is 2.10. The van der Waals surface area contributed by atoms with Crippen LogP contribution in [0.5, 0.6) is 17.2 Å². The van der Waals surface area contributed by atoms with E-state index in [9.17, 15) is 4.79 Å². The van der Waals surface area contributed by atoms with Crippen LogP contribution in [0.3, 0.4) is 0 Å². The molecule has 108 valence electrons. The smallest absolute Gasteiger partial charge is 0.307 e. The van der Waals surface area contributed by atoms with E-state index in [1.807, 2.05) is 0 Å². The molecule has 0 bridgehead atoms. The molecule has 1 aromatic carbocycles. The molecule has 2 atom stereocenters. The van der Waals surface area contributed by atoms with Gasteiger partial charge in [-0.2, -0.15) is 0 Å². The number of carboxylic acids is 1. The first-order valence-corrected chi connectivity index (χ1v) is 7.03. The zero-order chi connectivity index (χ0) is 14.3. The molecule has 0 amide bonds. The summed E-state index contributed by atoms with van der Waals surface area (Å²) in [6, 6.07) is 1.67. The van der Waals surface area contributed by atoms with Gasteiger partial charge in [0.25, 0.3) is 0 Å². The number of hydrogen-bond donors (Lipinski definition) is 2. The van der Waals surface area contributed by atoms with Crippen LogP contribution in [-0.4, -0.2) is 31.5 Å². The summed E-state index contributed by atoms with van der Waals surface area (Å²) < 4.78 is 17.1. The minimum absolute atomic E-state index is 0.126. The molecule has 0 saturated carbocycles. The van der Waals surface area contributed by atoms with Crippen LogP contribution in [0.4, 0.5) is 0 Å². The van der Waals surface area contributed by atoms with E-state index in [4.69, 9.17) is 19.3 Å². The summed E-state index contributed by atoms with van der Waals surface area (Å²) in [5, 5.41) is 12.3. The third-order valence-corrected chi connectivity index (χ3v) is 4.23. The lowest BCUT2D eigenvalue weighted by Gasteiger charge is -2.18. The van der Waals surface area contributed by atoms with E-state index >= 15 is 0 Å². The highest BCUT2D eigenvalue weighted by Gasteiger charge is 2.36. The van der Waals surface area contributed by atoms with Crippen LogP contribution in [0.25, 0.3) is 0 Å².